The fourth-order valence-electron chi connectivity index (χ4n) is 1.68. The molecule has 0 atom stereocenters. The number of aromatic nitrogens is 4. The van der Waals surface area contributed by atoms with Crippen LogP contribution in [0.1, 0.15) is 0 Å². The second-order valence-electron chi connectivity index (χ2n) is 4.03. The number of anilines is 1. The Hall–Kier alpha value is -2.34. The van der Waals surface area contributed by atoms with Crippen molar-refractivity contribution in [2.75, 3.05) is 5.73 Å². The molecule has 2 heterocycles. The van der Waals surface area contributed by atoms with E-state index in [2.05, 4.69) is 15.2 Å². The molecule has 7 heteroatoms. The number of benzene rings is 1. The van der Waals surface area contributed by atoms with Gasteiger partial charge >= 0.3 is 0 Å². The van der Waals surface area contributed by atoms with Crippen molar-refractivity contribution in [3.05, 3.63) is 35.5 Å². The molecule has 96 valence electrons. The lowest BCUT2D eigenvalue weighted by Gasteiger charge is -1.99. The highest BCUT2D eigenvalue weighted by Crippen LogP contribution is 2.28. The van der Waals surface area contributed by atoms with Crippen LogP contribution in [0, 0.1) is 0 Å². The highest BCUT2D eigenvalue weighted by molar-refractivity contribution is 6.31. The summed E-state index contributed by atoms with van der Waals surface area (Å²) in [5, 5.41) is 8.65. The van der Waals surface area contributed by atoms with Crippen LogP contribution in [-0.2, 0) is 7.05 Å². The second kappa shape index (κ2) is 4.40. The third kappa shape index (κ3) is 2.17. The molecule has 0 aliphatic carbocycles. The van der Waals surface area contributed by atoms with E-state index in [1.54, 1.807) is 35.1 Å². The Bertz CT molecular complexity index is 733. The molecule has 2 aromatic heterocycles. The molecule has 0 aliphatic heterocycles. The molecule has 0 amide bonds. The average Bonchev–Trinajstić information content (AvgIpc) is 3.00. The van der Waals surface area contributed by atoms with Gasteiger partial charge in [0.15, 0.2) is 0 Å². The van der Waals surface area contributed by atoms with Crippen LogP contribution >= 0.6 is 11.6 Å². The lowest BCUT2D eigenvalue weighted by Crippen LogP contribution is -1.90. The summed E-state index contributed by atoms with van der Waals surface area (Å²) in [6.45, 7) is 0. The van der Waals surface area contributed by atoms with Crippen LogP contribution in [0.25, 0.3) is 23.0 Å². The first kappa shape index (κ1) is 11.7. The topological polar surface area (TPSA) is 82.8 Å². The van der Waals surface area contributed by atoms with Gasteiger partial charge in [0, 0.05) is 24.0 Å². The Morgan fingerprint density at radius 1 is 1.32 bits per heavy atom. The van der Waals surface area contributed by atoms with Gasteiger partial charge in [-0.05, 0) is 24.3 Å². The van der Waals surface area contributed by atoms with Gasteiger partial charge in [0.1, 0.15) is 5.69 Å². The van der Waals surface area contributed by atoms with Crippen LogP contribution in [0.2, 0.25) is 5.02 Å². The van der Waals surface area contributed by atoms with Gasteiger partial charge in [0.25, 0.3) is 5.89 Å². The smallest absolute Gasteiger partial charge is 0.260 e. The van der Waals surface area contributed by atoms with Crippen molar-refractivity contribution < 1.29 is 4.52 Å². The summed E-state index contributed by atoms with van der Waals surface area (Å²) in [4.78, 5) is 4.27. The Labute approximate surface area is 113 Å². The van der Waals surface area contributed by atoms with Gasteiger partial charge in [-0.2, -0.15) is 10.1 Å². The molecule has 0 saturated heterocycles. The van der Waals surface area contributed by atoms with E-state index >= 15 is 0 Å². The Kier molecular flexibility index (Phi) is 2.72. The number of nitrogens with two attached hydrogens (primary N) is 1. The average molecular weight is 276 g/mol. The minimum Gasteiger partial charge on any atom is -0.398 e. The molecule has 0 fully saturated rings. The lowest BCUT2D eigenvalue weighted by molar-refractivity contribution is 0.432. The Balaban J connectivity index is 2.03. The normalized spacial score (nSPS) is 10.8. The van der Waals surface area contributed by atoms with Gasteiger partial charge in [-0.15, -0.1) is 0 Å². The zero-order valence-electron chi connectivity index (χ0n) is 10.0. The molecule has 3 aromatic rings. The van der Waals surface area contributed by atoms with Gasteiger partial charge in [-0.25, -0.2) is 0 Å². The second-order valence-corrected chi connectivity index (χ2v) is 4.47. The molecule has 6 nitrogen and oxygen atoms in total. The lowest BCUT2D eigenvalue weighted by atomic mass is 10.2. The van der Waals surface area contributed by atoms with Crippen LogP contribution < -0.4 is 5.73 Å². The van der Waals surface area contributed by atoms with Crippen molar-refractivity contribution in [3.8, 4) is 23.0 Å². The van der Waals surface area contributed by atoms with Gasteiger partial charge in [-0.3, -0.25) is 4.68 Å². The number of halogens is 1. The zero-order chi connectivity index (χ0) is 13.4. The van der Waals surface area contributed by atoms with Crippen molar-refractivity contribution in [1.82, 2.24) is 19.9 Å². The summed E-state index contributed by atoms with van der Waals surface area (Å²) in [5.74, 6) is 0.732. The van der Waals surface area contributed by atoms with Crippen molar-refractivity contribution in [2.45, 2.75) is 0 Å². The largest absolute Gasteiger partial charge is 0.398 e. The summed E-state index contributed by atoms with van der Waals surface area (Å²) in [6.07, 6.45) is 1.80. The number of hydrogen-bond donors (Lipinski definition) is 1. The molecular weight excluding hydrogens is 266 g/mol. The minimum atomic E-state index is 0.320. The summed E-state index contributed by atoms with van der Waals surface area (Å²) in [6, 6.07) is 6.89. The summed E-state index contributed by atoms with van der Waals surface area (Å²) in [5.41, 5.74) is 7.65. The van der Waals surface area contributed by atoms with Gasteiger partial charge in [0.05, 0.1) is 5.56 Å². The SMILES string of the molecule is Cn1ccc(-c2noc(-c3cc(Cl)ccc3N)n2)n1. The number of nitrogens with zero attached hydrogens (tertiary/aromatic N) is 4. The van der Waals surface area contributed by atoms with Gasteiger partial charge in [0.2, 0.25) is 5.82 Å². The molecule has 0 aliphatic rings. The van der Waals surface area contributed by atoms with Crippen LogP contribution in [0.5, 0.6) is 0 Å². The van der Waals surface area contributed by atoms with E-state index in [-0.39, 0.29) is 0 Å². The first-order valence-corrected chi connectivity index (χ1v) is 5.90. The van der Waals surface area contributed by atoms with Crippen LogP contribution in [-0.4, -0.2) is 19.9 Å². The van der Waals surface area contributed by atoms with Crippen LogP contribution in [0.3, 0.4) is 0 Å². The minimum absolute atomic E-state index is 0.320. The number of aryl methyl sites for hydroxylation is 1. The summed E-state index contributed by atoms with van der Waals surface area (Å²) in [7, 11) is 1.82. The maximum atomic E-state index is 5.93. The summed E-state index contributed by atoms with van der Waals surface area (Å²) >= 11 is 5.93. The molecule has 1 aromatic carbocycles. The molecule has 2 N–H and O–H groups in total. The van der Waals surface area contributed by atoms with E-state index in [1.165, 1.54) is 0 Å². The summed E-state index contributed by atoms with van der Waals surface area (Å²) < 4.78 is 6.87. The fourth-order valence-corrected chi connectivity index (χ4v) is 1.86. The van der Waals surface area contributed by atoms with Crippen LogP contribution in [0.15, 0.2) is 35.0 Å². The molecular formula is C12H10ClN5O. The number of rotatable bonds is 2. The molecule has 0 bridgehead atoms. The Morgan fingerprint density at radius 2 is 2.16 bits per heavy atom. The molecule has 0 saturated carbocycles. The van der Waals surface area contributed by atoms with E-state index in [0.29, 0.717) is 33.7 Å². The van der Waals surface area contributed by atoms with E-state index in [0.717, 1.165) is 0 Å². The van der Waals surface area contributed by atoms with Crippen molar-refractivity contribution in [2.24, 2.45) is 7.05 Å². The predicted octanol–water partition coefficient (Wildman–Crippen LogP) is 2.37. The maximum absolute atomic E-state index is 5.93. The maximum Gasteiger partial charge on any atom is 0.260 e. The van der Waals surface area contributed by atoms with E-state index < -0.39 is 0 Å². The van der Waals surface area contributed by atoms with E-state index in [9.17, 15) is 0 Å². The fraction of sp³-hybridized carbons (Fsp3) is 0.0833. The monoisotopic (exact) mass is 275 g/mol. The van der Waals surface area contributed by atoms with Gasteiger partial charge in [-0.1, -0.05) is 16.8 Å². The number of nitrogen functional groups attached to an aromatic ring is 1. The third-order valence-electron chi connectivity index (χ3n) is 2.61. The first-order chi connectivity index (χ1) is 9.13. The van der Waals surface area contributed by atoms with E-state index in [4.69, 9.17) is 21.9 Å². The molecule has 0 spiro atoms. The van der Waals surface area contributed by atoms with Crippen LogP contribution in [0.4, 0.5) is 5.69 Å². The van der Waals surface area contributed by atoms with Crippen molar-refractivity contribution in [1.29, 1.82) is 0 Å². The Morgan fingerprint density at radius 3 is 2.89 bits per heavy atom. The molecule has 0 unspecified atom stereocenters. The van der Waals surface area contributed by atoms with Gasteiger partial charge < -0.3 is 10.3 Å². The van der Waals surface area contributed by atoms with Crippen molar-refractivity contribution in [3.63, 3.8) is 0 Å². The first-order valence-electron chi connectivity index (χ1n) is 5.52. The molecule has 19 heavy (non-hydrogen) atoms. The standard InChI is InChI=1S/C12H10ClN5O/c1-18-5-4-10(16-18)11-15-12(19-17-11)8-6-7(13)2-3-9(8)14/h2-6H,14H2,1H3. The zero-order valence-corrected chi connectivity index (χ0v) is 10.8. The van der Waals surface area contributed by atoms with E-state index in [1.807, 2.05) is 7.05 Å². The highest BCUT2D eigenvalue weighted by atomic mass is 35.5. The quantitative estimate of drug-likeness (QED) is 0.726. The predicted molar refractivity (Wildman–Crippen MR) is 71.4 cm³/mol. The highest BCUT2D eigenvalue weighted by Gasteiger charge is 2.14. The van der Waals surface area contributed by atoms with Crippen molar-refractivity contribution >= 4 is 17.3 Å². The number of hydrogen-bond acceptors (Lipinski definition) is 5. The molecule has 3 rings (SSSR count). The molecule has 0 radical (unpaired) electrons. The third-order valence-corrected chi connectivity index (χ3v) is 2.85.